The minimum Gasteiger partial charge on any atom is -0.451 e. The highest BCUT2D eigenvalue weighted by Gasteiger charge is 2.20. The molecule has 6 heteroatoms. The summed E-state index contributed by atoms with van der Waals surface area (Å²) in [6.07, 6.45) is 1.34. The van der Waals surface area contributed by atoms with Crippen LogP contribution in [-0.2, 0) is 9.32 Å². The summed E-state index contributed by atoms with van der Waals surface area (Å²) in [5.41, 5.74) is 0. The third kappa shape index (κ3) is 7.87. The fourth-order valence-corrected chi connectivity index (χ4v) is 0.852. The first kappa shape index (κ1) is 15.0. The van der Waals surface area contributed by atoms with Crippen molar-refractivity contribution in [2.75, 3.05) is 0 Å². The van der Waals surface area contributed by atoms with Gasteiger partial charge in [-0.2, -0.15) is 0 Å². The van der Waals surface area contributed by atoms with Gasteiger partial charge in [-0.25, -0.2) is 0 Å². The number of carbonyl (C=O) groups is 1. The van der Waals surface area contributed by atoms with Crippen molar-refractivity contribution in [1.82, 2.24) is 0 Å². The molecule has 0 rings (SSSR count). The molecule has 0 saturated carbocycles. The van der Waals surface area contributed by atoms with Gasteiger partial charge in [0, 0.05) is 4.90 Å². The Morgan fingerprint density at radius 1 is 1.55 bits per heavy atom. The molecule has 0 saturated heterocycles. The van der Waals surface area contributed by atoms with Crippen molar-refractivity contribution < 1.29 is 9.32 Å². The average Bonchev–Trinajstić information content (AvgIpc) is 1.87. The Kier molecular flexibility index (Phi) is 9.53. The summed E-state index contributed by atoms with van der Waals surface area (Å²) in [4.78, 5) is 10.6. The fraction of sp³-hybridized carbons (Fsp3) is 0.800. The van der Waals surface area contributed by atoms with E-state index in [4.69, 9.17) is 0 Å². The van der Waals surface area contributed by atoms with Crippen LogP contribution in [0.15, 0.2) is 0 Å². The van der Waals surface area contributed by atoms with Crippen LogP contribution in [0.4, 0.5) is 0 Å². The number of hydrogen-bond donors (Lipinski definition) is 0. The van der Waals surface area contributed by atoms with Crippen LogP contribution in [0.5, 0.6) is 0 Å². The maximum absolute atomic E-state index is 10.7. The van der Waals surface area contributed by atoms with E-state index < -0.39 is 0 Å². The van der Waals surface area contributed by atoms with Crippen LogP contribution in [0.25, 0.3) is 0 Å². The highest BCUT2D eigenvalue weighted by Crippen LogP contribution is 2.34. The maximum atomic E-state index is 10.7. The van der Waals surface area contributed by atoms with E-state index in [1.165, 1.54) is 0 Å². The Labute approximate surface area is 90.8 Å². The minimum absolute atomic E-state index is 0. The molecule has 0 aromatic carbocycles. The van der Waals surface area contributed by atoms with Crippen molar-refractivity contribution >= 4 is 57.0 Å². The smallest absolute Gasteiger partial charge is 0.316 e. The molecule has 3 unspecified atom stereocenters. The third-order valence-corrected chi connectivity index (χ3v) is 2.75. The van der Waals surface area contributed by atoms with E-state index >= 15 is 0 Å². The molecule has 0 aromatic heterocycles. The van der Waals surface area contributed by atoms with Crippen molar-refractivity contribution in [1.29, 1.82) is 0 Å². The molecular formula is C5H15MgO2P3. The van der Waals surface area contributed by atoms with Crippen LogP contribution in [0.1, 0.15) is 19.8 Å². The molecule has 11 heavy (non-hydrogen) atoms. The van der Waals surface area contributed by atoms with Crippen molar-refractivity contribution in [2.45, 2.75) is 24.7 Å². The molecule has 0 aliphatic carbocycles. The number of carbonyl (C=O) groups excluding carboxylic acids is 1. The minimum atomic E-state index is -0.197. The van der Waals surface area contributed by atoms with Gasteiger partial charge >= 0.3 is 29.0 Å². The van der Waals surface area contributed by atoms with Gasteiger partial charge in [0.05, 0.1) is 15.9 Å². The summed E-state index contributed by atoms with van der Waals surface area (Å²) in [7, 11) is 7.19. The summed E-state index contributed by atoms with van der Waals surface area (Å²) in [6, 6.07) is 0. The first-order valence-electron chi connectivity index (χ1n) is 2.99. The van der Waals surface area contributed by atoms with Crippen molar-refractivity contribution in [3.05, 3.63) is 0 Å². The molecule has 0 aromatic rings. The topological polar surface area (TPSA) is 26.3 Å². The number of rotatable bonds is 3. The predicted octanol–water partition coefficient (Wildman–Crippen LogP) is 0.650. The SMILES string of the molecule is CCC(P)(P)CC(=O)OP.[MgH2]. The molecule has 0 spiro atoms. The van der Waals surface area contributed by atoms with Gasteiger partial charge in [0.2, 0.25) is 0 Å². The summed E-state index contributed by atoms with van der Waals surface area (Å²) in [5.74, 6) is -0.197. The maximum Gasteiger partial charge on any atom is 0.316 e. The molecule has 0 aliphatic rings. The quantitative estimate of drug-likeness (QED) is 0.520. The Morgan fingerprint density at radius 2 is 2.00 bits per heavy atom. The van der Waals surface area contributed by atoms with Crippen molar-refractivity contribution in [3.63, 3.8) is 0 Å². The molecule has 3 atom stereocenters. The Hall–Kier alpha value is 1.53. The zero-order chi connectivity index (χ0) is 8.20. The normalized spacial score (nSPS) is 10.2. The molecule has 0 aliphatic heterocycles. The van der Waals surface area contributed by atoms with Crippen LogP contribution < -0.4 is 0 Å². The summed E-state index contributed by atoms with van der Waals surface area (Å²) in [5, 5.41) is 0. The molecule has 0 heterocycles. The number of hydrogen-bond acceptors (Lipinski definition) is 2. The summed E-state index contributed by atoms with van der Waals surface area (Å²) in [6.45, 7) is 2.02. The average molecular weight is 224 g/mol. The Balaban J connectivity index is 0. The van der Waals surface area contributed by atoms with Gasteiger partial charge in [0.15, 0.2) is 0 Å². The molecule has 0 bridgehead atoms. The van der Waals surface area contributed by atoms with E-state index in [9.17, 15) is 4.79 Å². The van der Waals surface area contributed by atoms with Gasteiger partial charge in [-0.3, -0.25) is 4.79 Å². The largest absolute Gasteiger partial charge is 0.451 e. The Morgan fingerprint density at radius 3 is 2.27 bits per heavy atom. The Bertz CT molecular complexity index is 129. The lowest BCUT2D eigenvalue weighted by Crippen LogP contribution is -2.15. The van der Waals surface area contributed by atoms with E-state index in [0.717, 1.165) is 6.42 Å². The molecule has 0 radical (unpaired) electrons. The summed E-state index contributed by atoms with van der Waals surface area (Å²) >= 11 is 0. The third-order valence-electron chi connectivity index (χ3n) is 1.26. The van der Waals surface area contributed by atoms with Gasteiger partial charge < -0.3 is 4.52 Å². The lowest BCUT2D eigenvalue weighted by molar-refractivity contribution is -0.133. The first-order valence-corrected chi connectivity index (χ1v) is 4.62. The van der Waals surface area contributed by atoms with Gasteiger partial charge in [0.25, 0.3) is 0 Å². The molecule has 2 nitrogen and oxygen atoms in total. The van der Waals surface area contributed by atoms with Gasteiger partial charge in [-0.05, 0) is 6.42 Å². The highest BCUT2D eigenvalue weighted by molar-refractivity contribution is 7.40. The zero-order valence-electron chi connectivity index (χ0n) is 5.96. The van der Waals surface area contributed by atoms with Crippen molar-refractivity contribution in [2.24, 2.45) is 0 Å². The molecular weight excluding hydrogens is 209 g/mol. The van der Waals surface area contributed by atoms with Gasteiger partial charge in [-0.1, -0.05) is 6.92 Å². The van der Waals surface area contributed by atoms with E-state index in [2.05, 4.69) is 23.0 Å². The van der Waals surface area contributed by atoms with E-state index in [0.29, 0.717) is 6.42 Å². The van der Waals surface area contributed by atoms with Crippen LogP contribution in [0.2, 0.25) is 0 Å². The van der Waals surface area contributed by atoms with Crippen LogP contribution in [0.3, 0.4) is 0 Å². The van der Waals surface area contributed by atoms with E-state index in [-0.39, 0.29) is 33.9 Å². The fourth-order valence-electron chi connectivity index (χ4n) is 0.435. The highest BCUT2D eigenvalue weighted by atomic mass is 31.1. The second-order valence-corrected chi connectivity index (χ2v) is 5.46. The van der Waals surface area contributed by atoms with Crippen molar-refractivity contribution in [3.8, 4) is 0 Å². The second kappa shape index (κ2) is 6.98. The molecule has 0 fully saturated rings. The zero-order valence-corrected chi connectivity index (χ0v) is 9.43. The monoisotopic (exact) mass is 224 g/mol. The lowest BCUT2D eigenvalue weighted by Gasteiger charge is -2.19. The molecule has 64 valence electrons. The van der Waals surface area contributed by atoms with Gasteiger partial charge in [-0.15, -0.1) is 18.5 Å². The first-order chi connectivity index (χ1) is 4.52. The summed E-state index contributed by atoms with van der Waals surface area (Å²) < 4.78 is 4.44. The van der Waals surface area contributed by atoms with Crippen LogP contribution >= 0.6 is 27.9 Å². The predicted molar refractivity (Wildman–Crippen MR) is 61.4 cm³/mol. The van der Waals surface area contributed by atoms with E-state index in [1.54, 1.807) is 0 Å². The second-order valence-electron chi connectivity index (χ2n) is 2.25. The molecule has 0 amide bonds. The van der Waals surface area contributed by atoms with Gasteiger partial charge in [0.1, 0.15) is 0 Å². The van der Waals surface area contributed by atoms with Crippen LogP contribution in [-0.4, -0.2) is 33.9 Å². The molecule has 0 N–H and O–H groups in total. The van der Waals surface area contributed by atoms with Crippen LogP contribution in [0, 0.1) is 0 Å². The van der Waals surface area contributed by atoms with E-state index in [1.807, 2.05) is 16.4 Å². The lowest BCUT2D eigenvalue weighted by atomic mass is 10.2. The standard InChI is InChI=1S/C5H13O2P3.Mg.2H/c1-2-5(8,9)3-4(6)7-10;;;/h2-3,8-10H2,1H3;;;.